The van der Waals surface area contributed by atoms with E-state index in [1.54, 1.807) is 0 Å². The average Bonchev–Trinajstić information content (AvgIpc) is 3.10. The Morgan fingerprint density at radius 1 is 0.547 bits per heavy atom. The molecule has 0 saturated carbocycles. The molecule has 0 radical (unpaired) electrons. The number of carbonyl (C=O) groups excluding carboxylic acids is 2. The molecule has 53 heavy (non-hydrogen) atoms. The minimum absolute atomic E-state index is 0.203. The number of ether oxygens (including phenoxy) is 3. The Balaban J connectivity index is 2.22. The molecule has 1 fully saturated rings. The van der Waals surface area contributed by atoms with Gasteiger partial charge in [0.25, 0.3) is 0 Å². The molecule has 0 spiro atoms. The number of carbonyl (C=O) groups is 2. The lowest BCUT2D eigenvalue weighted by Gasteiger charge is -2.38. The number of unbranched alkanes of at least 4 members (excludes halogenated alkanes) is 28. The van der Waals surface area contributed by atoms with Crippen molar-refractivity contribution in [1.29, 1.82) is 0 Å². The molecule has 1 saturated heterocycles. The Hall–Kier alpha value is -1.18. The van der Waals surface area contributed by atoms with Crippen molar-refractivity contribution in [2.24, 2.45) is 0 Å². The van der Waals surface area contributed by atoms with Gasteiger partial charge in [0.1, 0.15) is 18.8 Å². The summed E-state index contributed by atoms with van der Waals surface area (Å²) in [7, 11) is 6.18. The summed E-state index contributed by atoms with van der Waals surface area (Å²) in [5.74, 6) is -0.408. The van der Waals surface area contributed by atoms with Gasteiger partial charge in [-0.15, -0.1) is 0 Å². The average molecular weight is 753 g/mol. The van der Waals surface area contributed by atoms with Gasteiger partial charge in [-0.3, -0.25) is 9.59 Å². The second-order valence-electron chi connectivity index (χ2n) is 17.6. The fraction of sp³-hybridized carbons (Fsp3) is 0.957. The molecule has 4 atom stereocenters. The van der Waals surface area contributed by atoms with E-state index in [9.17, 15) is 14.7 Å². The summed E-state index contributed by atoms with van der Waals surface area (Å²) in [4.78, 5) is 25.7. The van der Waals surface area contributed by atoms with E-state index in [1.807, 2.05) is 0 Å². The molecule has 0 aromatic rings. The second-order valence-corrected chi connectivity index (χ2v) is 17.6. The Morgan fingerprint density at radius 2 is 0.887 bits per heavy atom. The van der Waals surface area contributed by atoms with Crippen molar-refractivity contribution in [3.8, 4) is 0 Å². The fourth-order valence-corrected chi connectivity index (χ4v) is 7.75. The van der Waals surface area contributed by atoms with Crippen LogP contribution in [0.25, 0.3) is 0 Å². The first-order valence-corrected chi connectivity index (χ1v) is 23.2. The van der Waals surface area contributed by atoms with Crippen molar-refractivity contribution in [3.63, 3.8) is 0 Å². The van der Waals surface area contributed by atoms with Crippen LogP contribution in [0.4, 0.5) is 0 Å². The monoisotopic (exact) mass is 753 g/mol. The Kier molecular flexibility index (Phi) is 32.1. The molecule has 0 aromatic heterocycles. The van der Waals surface area contributed by atoms with Gasteiger partial charge in [0, 0.05) is 25.7 Å². The third-order valence-electron chi connectivity index (χ3n) is 11.0. The lowest BCUT2D eigenvalue weighted by molar-refractivity contribution is -0.874. The maximum atomic E-state index is 12.9. The molecule has 0 bridgehead atoms. The van der Waals surface area contributed by atoms with E-state index in [0.29, 0.717) is 30.3 Å². The Morgan fingerprint density at radius 3 is 1.25 bits per heavy atom. The van der Waals surface area contributed by atoms with Gasteiger partial charge in [-0.2, -0.15) is 0 Å². The molecule has 4 unspecified atom stereocenters. The molecule has 7 heteroatoms. The van der Waals surface area contributed by atoms with Crippen molar-refractivity contribution in [1.82, 2.24) is 0 Å². The highest BCUT2D eigenvalue weighted by Crippen LogP contribution is 2.27. The van der Waals surface area contributed by atoms with Crippen molar-refractivity contribution in [3.05, 3.63) is 0 Å². The molecule has 314 valence electrons. The molecule has 0 amide bonds. The van der Waals surface area contributed by atoms with E-state index in [1.165, 1.54) is 161 Å². The van der Waals surface area contributed by atoms with Crippen LogP contribution in [0.2, 0.25) is 0 Å². The van der Waals surface area contributed by atoms with Gasteiger partial charge in [0.05, 0.1) is 21.1 Å². The first kappa shape index (κ1) is 49.8. The molecule has 1 aliphatic heterocycles. The van der Waals surface area contributed by atoms with Gasteiger partial charge >= 0.3 is 11.9 Å². The van der Waals surface area contributed by atoms with Gasteiger partial charge in [-0.05, 0) is 12.8 Å². The van der Waals surface area contributed by atoms with E-state index in [4.69, 9.17) is 14.2 Å². The minimum Gasteiger partial charge on any atom is -0.462 e. The largest absolute Gasteiger partial charge is 0.462 e. The second kappa shape index (κ2) is 34.1. The number of aliphatic hydroxyl groups excluding tert-OH is 1. The van der Waals surface area contributed by atoms with Crippen LogP contribution in [0, 0.1) is 0 Å². The summed E-state index contributed by atoms with van der Waals surface area (Å²) in [5, 5.41) is 10.6. The van der Waals surface area contributed by atoms with Crippen LogP contribution in [0.1, 0.15) is 232 Å². The number of aliphatic hydroxyl groups is 1. The topological polar surface area (TPSA) is 82.1 Å². The summed E-state index contributed by atoms with van der Waals surface area (Å²) in [6.45, 7) is 5.11. The molecule has 1 heterocycles. The third kappa shape index (κ3) is 31.7. The number of rotatable bonds is 37. The van der Waals surface area contributed by atoms with Crippen LogP contribution in [-0.2, 0) is 23.8 Å². The molecule has 1 rings (SSSR count). The smallest absolute Gasteiger partial charge is 0.306 e. The number of esters is 2. The zero-order valence-electron chi connectivity index (χ0n) is 36.0. The zero-order chi connectivity index (χ0) is 38.8. The highest BCUT2D eigenvalue weighted by Gasteiger charge is 2.39. The first-order valence-electron chi connectivity index (χ1n) is 23.2. The lowest BCUT2D eigenvalue weighted by Crippen LogP contribution is -2.52. The summed E-state index contributed by atoms with van der Waals surface area (Å²) in [5.41, 5.74) is 0. The maximum absolute atomic E-state index is 12.9. The molecular formula is C46H90NO6+. The van der Waals surface area contributed by atoms with Gasteiger partial charge in [-0.25, -0.2) is 0 Å². The highest BCUT2D eigenvalue weighted by molar-refractivity contribution is 5.70. The summed E-state index contributed by atoms with van der Waals surface area (Å²) in [6.07, 6.45) is 37.7. The lowest BCUT2D eigenvalue weighted by atomic mass is 9.99. The van der Waals surface area contributed by atoms with Gasteiger partial charge in [0.2, 0.25) is 0 Å². The van der Waals surface area contributed by atoms with E-state index in [-0.39, 0.29) is 18.4 Å². The van der Waals surface area contributed by atoms with E-state index in [0.717, 1.165) is 32.1 Å². The van der Waals surface area contributed by atoms with E-state index >= 15 is 0 Å². The van der Waals surface area contributed by atoms with Crippen LogP contribution in [0.5, 0.6) is 0 Å². The fourth-order valence-electron chi connectivity index (χ4n) is 7.75. The number of hydrogen-bond donors (Lipinski definition) is 1. The standard InChI is InChI=1S/C46H90NO6/c1-6-8-10-12-14-16-18-20-22-24-26-28-30-32-34-36-44(48)51-41-38-42(52-46(50)39-41)43(40-47(3,4)5)53-45(49)37-35-33-31-29-27-25-23-21-19-17-15-13-11-9-7-2/h41-43,46,50H,6-40H2,1-5H3/q+1. The van der Waals surface area contributed by atoms with E-state index < -0.39 is 24.6 Å². The van der Waals surface area contributed by atoms with Crippen LogP contribution in [-0.4, -0.2) is 73.8 Å². The van der Waals surface area contributed by atoms with Crippen LogP contribution < -0.4 is 0 Å². The summed E-state index contributed by atoms with van der Waals surface area (Å²) < 4.78 is 18.3. The van der Waals surface area contributed by atoms with Crippen LogP contribution in [0.3, 0.4) is 0 Å². The minimum atomic E-state index is -1.04. The Labute approximate surface area is 329 Å². The van der Waals surface area contributed by atoms with E-state index in [2.05, 4.69) is 35.0 Å². The van der Waals surface area contributed by atoms with Crippen molar-refractivity contribution < 1.29 is 33.4 Å². The quantitative estimate of drug-likeness (QED) is 0.0386. The molecule has 1 N–H and O–H groups in total. The molecular weight excluding hydrogens is 663 g/mol. The predicted molar refractivity (Wildman–Crippen MR) is 222 cm³/mol. The van der Waals surface area contributed by atoms with Gasteiger partial charge < -0.3 is 23.8 Å². The van der Waals surface area contributed by atoms with Crippen LogP contribution >= 0.6 is 0 Å². The predicted octanol–water partition coefficient (Wildman–Crippen LogP) is 12.5. The Bertz CT molecular complexity index is 844. The number of nitrogens with zero attached hydrogens (tertiary/aromatic N) is 1. The molecule has 1 aliphatic rings. The van der Waals surface area contributed by atoms with Gasteiger partial charge in [-0.1, -0.05) is 194 Å². The number of likely N-dealkylation sites (N-methyl/N-ethyl adjacent to an activating group) is 1. The normalized spacial score (nSPS) is 18.3. The summed E-state index contributed by atoms with van der Waals surface area (Å²) in [6, 6.07) is 0. The van der Waals surface area contributed by atoms with Crippen molar-refractivity contribution in [2.45, 2.75) is 257 Å². The molecule has 0 aromatic carbocycles. The molecule has 0 aliphatic carbocycles. The van der Waals surface area contributed by atoms with Crippen LogP contribution in [0.15, 0.2) is 0 Å². The number of quaternary nitrogens is 1. The zero-order valence-corrected chi connectivity index (χ0v) is 36.0. The first-order chi connectivity index (χ1) is 25.6. The third-order valence-corrected chi connectivity index (χ3v) is 11.0. The molecule has 7 nitrogen and oxygen atoms in total. The SMILES string of the molecule is CCCCCCCCCCCCCCCCCC(=O)OC1CC(O)OC(C(C[N+](C)(C)C)OC(=O)CCCCCCCCCCCCCCCCC)C1. The number of hydrogen-bond acceptors (Lipinski definition) is 6. The highest BCUT2D eigenvalue weighted by atomic mass is 16.6. The van der Waals surface area contributed by atoms with Gasteiger partial charge in [0.15, 0.2) is 12.4 Å². The maximum Gasteiger partial charge on any atom is 0.306 e. The summed E-state index contributed by atoms with van der Waals surface area (Å²) >= 11 is 0. The van der Waals surface area contributed by atoms with Crippen molar-refractivity contribution in [2.75, 3.05) is 27.7 Å². The van der Waals surface area contributed by atoms with Crippen molar-refractivity contribution >= 4 is 11.9 Å².